The third-order valence-electron chi connectivity index (χ3n) is 4.79. The van der Waals surface area contributed by atoms with Crippen molar-refractivity contribution in [2.24, 2.45) is 0 Å². The third kappa shape index (κ3) is 4.24. The van der Waals surface area contributed by atoms with Crippen LogP contribution in [0.3, 0.4) is 0 Å². The molecule has 3 aromatic rings. The summed E-state index contributed by atoms with van der Waals surface area (Å²) in [4.78, 5) is 13.2. The standard InChI is InChI=1S/C19H14F6N4OS/c20-18(21,22)10-4-1-2-5-11(10)27-17(30)13-9-16-26-12(14-6-3-7-31-14)8-15(19(23,24)25)29(16)28-13/h1-7,9,12,15,26H,8H2,(H,27,30)/t12-,15+/m1/s1. The second-order valence-corrected chi connectivity index (χ2v) is 7.84. The Labute approximate surface area is 175 Å². The maximum Gasteiger partial charge on any atom is 0.418 e. The first-order valence-corrected chi connectivity index (χ1v) is 9.86. The van der Waals surface area contributed by atoms with Crippen molar-refractivity contribution in [1.29, 1.82) is 0 Å². The molecular weight excluding hydrogens is 446 g/mol. The third-order valence-corrected chi connectivity index (χ3v) is 5.78. The number of para-hydroxylation sites is 1. The van der Waals surface area contributed by atoms with E-state index in [-0.39, 0.29) is 12.2 Å². The van der Waals surface area contributed by atoms with E-state index in [9.17, 15) is 31.1 Å². The molecule has 31 heavy (non-hydrogen) atoms. The molecule has 164 valence electrons. The van der Waals surface area contributed by atoms with Crippen LogP contribution in [0.25, 0.3) is 0 Å². The quantitative estimate of drug-likeness (QED) is 0.481. The highest BCUT2D eigenvalue weighted by Crippen LogP contribution is 2.44. The first kappa shape index (κ1) is 21.2. The molecule has 1 amide bonds. The lowest BCUT2D eigenvalue weighted by Crippen LogP contribution is -2.35. The molecule has 2 N–H and O–H groups in total. The van der Waals surface area contributed by atoms with Gasteiger partial charge in [-0.15, -0.1) is 11.3 Å². The van der Waals surface area contributed by atoms with Gasteiger partial charge in [-0.3, -0.25) is 4.79 Å². The Kier molecular flexibility index (Phi) is 5.20. The summed E-state index contributed by atoms with van der Waals surface area (Å²) >= 11 is 1.29. The summed E-state index contributed by atoms with van der Waals surface area (Å²) < 4.78 is 81.1. The van der Waals surface area contributed by atoms with Crippen molar-refractivity contribution in [1.82, 2.24) is 9.78 Å². The van der Waals surface area contributed by atoms with Gasteiger partial charge in [0, 0.05) is 17.4 Å². The molecular formula is C19H14F6N4OS. The van der Waals surface area contributed by atoms with Crippen LogP contribution in [0.1, 0.15) is 39.4 Å². The number of nitrogens with one attached hydrogen (secondary N) is 2. The molecule has 0 unspecified atom stereocenters. The highest BCUT2D eigenvalue weighted by molar-refractivity contribution is 7.10. The lowest BCUT2D eigenvalue weighted by molar-refractivity contribution is -0.173. The van der Waals surface area contributed by atoms with Crippen LogP contribution < -0.4 is 10.6 Å². The van der Waals surface area contributed by atoms with Gasteiger partial charge in [0.05, 0.1) is 17.3 Å². The normalized spacial score (nSPS) is 18.9. The smallest absolute Gasteiger partial charge is 0.363 e. The summed E-state index contributed by atoms with van der Waals surface area (Å²) in [6.45, 7) is 0. The number of amides is 1. The van der Waals surface area contributed by atoms with Crippen molar-refractivity contribution < 1.29 is 31.1 Å². The Morgan fingerprint density at radius 1 is 1.13 bits per heavy atom. The second-order valence-electron chi connectivity index (χ2n) is 6.86. The number of fused-ring (bicyclic) bond motifs is 1. The average Bonchev–Trinajstić information content (AvgIpc) is 3.35. The van der Waals surface area contributed by atoms with Gasteiger partial charge in [0.1, 0.15) is 5.82 Å². The van der Waals surface area contributed by atoms with Crippen molar-refractivity contribution in [3.05, 3.63) is 64.0 Å². The van der Waals surface area contributed by atoms with Gasteiger partial charge in [0.25, 0.3) is 5.91 Å². The van der Waals surface area contributed by atoms with Gasteiger partial charge in [-0.1, -0.05) is 18.2 Å². The molecule has 1 aliphatic heterocycles. The Morgan fingerprint density at radius 3 is 2.52 bits per heavy atom. The fourth-order valence-corrected chi connectivity index (χ4v) is 4.18. The van der Waals surface area contributed by atoms with Crippen LogP contribution in [-0.2, 0) is 6.18 Å². The molecule has 2 aromatic heterocycles. The number of carbonyl (C=O) groups is 1. The predicted octanol–water partition coefficient (Wildman–Crippen LogP) is 5.88. The van der Waals surface area contributed by atoms with Gasteiger partial charge in [-0.25, -0.2) is 4.68 Å². The Balaban J connectivity index is 1.65. The van der Waals surface area contributed by atoms with Crippen molar-refractivity contribution >= 4 is 28.7 Å². The number of thiophene rings is 1. The maximum atomic E-state index is 13.7. The zero-order valence-electron chi connectivity index (χ0n) is 15.5. The Hall–Kier alpha value is -3.02. The molecule has 4 rings (SSSR count). The number of hydrogen-bond acceptors (Lipinski definition) is 4. The Bertz CT molecular complexity index is 1090. The van der Waals surface area contributed by atoms with Gasteiger partial charge in [-0.05, 0) is 23.6 Å². The van der Waals surface area contributed by atoms with Gasteiger partial charge in [-0.2, -0.15) is 31.4 Å². The van der Waals surface area contributed by atoms with Crippen LogP contribution in [0.4, 0.5) is 37.8 Å². The molecule has 0 fully saturated rings. The number of anilines is 2. The summed E-state index contributed by atoms with van der Waals surface area (Å²) in [5.74, 6) is -1.09. The van der Waals surface area contributed by atoms with E-state index in [0.717, 1.165) is 24.3 Å². The molecule has 0 saturated carbocycles. The monoisotopic (exact) mass is 460 g/mol. The van der Waals surface area contributed by atoms with E-state index in [1.807, 2.05) is 0 Å². The molecule has 1 aromatic carbocycles. The van der Waals surface area contributed by atoms with E-state index in [2.05, 4.69) is 15.7 Å². The summed E-state index contributed by atoms with van der Waals surface area (Å²) in [5.41, 5.74) is -2.01. The lowest BCUT2D eigenvalue weighted by Gasteiger charge is -2.32. The summed E-state index contributed by atoms with van der Waals surface area (Å²) in [6, 6.07) is 6.20. The number of halogens is 6. The molecule has 3 heterocycles. The molecule has 0 radical (unpaired) electrons. The number of hydrogen-bond donors (Lipinski definition) is 2. The van der Waals surface area contributed by atoms with E-state index in [4.69, 9.17) is 0 Å². The van der Waals surface area contributed by atoms with Crippen LogP contribution in [0.5, 0.6) is 0 Å². The van der Waals surface area contributed by atoms with Crippen molar-refractivity contribution in [2.45, 2.75) is 30.9 Å². The van der Waals surface area contributed by atoms with Crippen molar-refractivity contribution in [3.8, 4) is 0 Å². The molecule has 2 atom stereocenters. The first-order valence-electron chi connectivity index (χ1n) is 8.98. The molecule has 1 aliphatic rings. The largest absolute Gasteiger partial charge is 0.418 e. The molecule has 0 saturated heterocycles. The fourth-order valence-electron chi connectivity index (χ4n) is 3.39. The van der Waals surface area contributed by atoms with Crippen LogP contribution in [-0.4, -0.2) is 21.9 Å². The van der Waals surface area contributed by atoms with Gasteiger partial charge in [0.15, 0.2) is 11.7 Å². The molecule has 12 heteroatoms. The van der Waals surface area contributed by atoms with E-state index in [1.165, 1.54) is 17.4 Å². The van der Waals surface area contributed by atoms with Gasteiger partial charge >= 0.3 is 12.4 Å². The second kappa shape index (κ2) is 7.59. The summed E-state index contributed by atoms with van der Waals surface area (Å²) in [5, 5.41) is 10.5. The Morgan fingerprint density at radius 2 is 1.87 bits per heavy atom. The molecule has 0 spiro atoms. The minimum Gasteiger partial charge on any atom is -0.363 e. The zero-order valence-corrected chi connectivity index (χ0v) is 16.3. The van der Waals surface area contributed by atoms with E-state index in [0.29, 0.717) is 9.56 Å². The van der Waals surface area contributed by atoms with E-state index < -0.39 is 47.3 Å². The van der Waals surface area contributed by atoms with Crippen LogP contribution >= 0.6 is 11.3 Å². The topological polar surface area (TPSA) is 59.0 Å². The van der Waals surface area contributed by atoms with E-state index >= 15 is 0 Å². The SMILES string of the molecule is O=C(Nc1ccccc1C(F)(F)F)c1cc2n(n1)[C@H](C(F)(F)F)C[C@H](c1cccs1)N2. The molecule has 5 nitrogen and oxygen atoms in total. The van der Waals surface area contributed by atoms with Crippen LogP contribution in [0.15, 0.2) is 47.8 Å². The molecule has 0 aliphatic carbocycles. The van der Waals surface area contributed by atoms with Crippen LogP contribution in [0.2, 0.25) is 0 Å². The highest BCUT2D eigenvalue weighted by atomic mass is 32.1. The minimum atomic E-state index is -4.71. The number of nitrogens with zero attached hydrogens (tertiary/aromatic N) is 2. The van der Waals surface area contributed by atoms with E-state index in [1.54, 1.807) is 17.5 Å². The fraction of sp³-hybridized carbons (Fsp3) is 0.263. The lowest BCUT2D eigenvalue weighted by atomic mass is 10.0. The van der Waals surface area contributed by atoms with Crippen molar-refractivity contribution in [2.75, 3.05) is 10.6 Å². The first-order chi connectivity index (χ1) is 14.5. The van der Waals surface area contributed by atoms with Gasteiger partial charge < -0.3 is 10.6 Å². The zero-order chi connectivity index (χ0) is 22.4. The number of benzene rings is 1. The number of aromatic nitrogens is 2. The highest BCUT2D eigenvalue weighted by Gasteiger charge is 2.47. The van der Waals surface area contributed by atoms with Crippen molar-refractivity contribution in [3.63, 3.8) is 0 Å². The maximum absolute atomic E-state index is 13.7. The van der Waals surface area contributed by atoms with Crippen LogP contribution in [0, 0.1) is 0 Å². The average molecular weight is 460 g/mol. The number of rotatable bonds is 3. The van der Waals surface area contributed by atoms with Gasteiger partial charge in [0.2, 0.25) is 0 Å². The molecule has 0 bridgehead atoms. The number of alkyl halides is 6. The predicted molar refractivity (Wildman–Crippen MR) is 102 cm³/mol. The number of carbonyl (C=O) groups excluding carboxylic acids is 1. The minimum absolute atomic E-state index is 0.0405. The summed E-state index contributed by atoms with van der Waals surface area (Å²) in [6.07, 6.45) is -9.68. The summed E-state index contributed by atoms with van der Waals surface area (Å²) in [7, 11) is 0.